The summed E-state index contributed by atoms with van der Waals surface area (Å²) in [5.74, 6) is 3.15. The lowest BCUT2D eigenvalue weighted by atomic mass is 9.32. The first-order valence-electron chi connectivity index (χ1n) is 17.4. The van der Waals surface area contributed by atoms with Crippen molar-refractivity contribution in [1.82, 2.24) is 10.6 Å². The largest absolute Gasteiger partial charge is 0.399 e. The van der Waals surface area contributed by atoms with Crippen LogP contribution >= 0.6 is 0 Å². The van der Waals surface area contributed by atoms with E-state index in [-0.39, 0.29) is 27.1 Å². The fourth-order valence-electron chi connectivity index (χ4n) is 12.8. The zero-order valence-corrected chi connectivity index (χ0v) is 28.2. The van der Waals surface area contributed by atoms with E-state index in [4.69, 9.17) is 5.73 Å². The number of nitrogens with one attached hydrogen (secondary N) is 2. The number of carbonyl (C=O) groups is 1. The first kappa shape index (κ1) is 30.9. The Morgan fingerprint density at radius 1 is 0.907 bits per heavy atom. The van der Waals surface area contributed by atoms with Crippen molar-refractivity contribution in [2.75, 3.05) is 25.9 Å². The summed E-state index contributed by atoms with van der Waals surface area (Å²) in [7, 11) is 1.96. The first-order chi connectivity index (χ1) is 20.3. The Morgan fingerprint density at radius 2 is 1.63 bits per heavy atom. The number of anilines is 1. The Labute approximate surface area is 262 Å². The second kappa shape index (κ2) is 10.5. The molecule has 4 saturated carbocycles. The Morgan fingerprint density at radius 3 is 2.30 bits per heavy atom. The molecule has 0 spiro atoms. The number of rotatable bonds is 6. The predicted molar refractivity (Wildman–Crippen MR) is 180 cm³/mol. The number of fused-ring (bicyclic) bond motifs is 7. The van der Waals surface area contributed by atoms with Crippen LogP contribution in [-0.4, -0.2) is 26.0 Å². The lowest BCUT2D eigenvalue weighted by molar-refractivity contribution is -0.225. The van der Waals surface area contributed by atoms with Crippen LogP contribution in [0.1, 0.15) is 105 Å². The minimum absolute atomic E-state index is 0.117. The van der Waals surface area contributed by atoms with Crippen molar-refractivity contribution in [2.45, 2.75) is 99.3 Å². The van der Waals surface area contributed by atoms with Crippen LogP contribution < -0.4 is 16.4 Å². The molecular weight excluding hydrogens is 526 g/mol. The topological polar surface area (TPSA) is 67.2 Å². The van der Waals surface area contributed by atoms with Crippen LogP contribution in [0, 0.1) is 56.7 Å². The SMILES string of the molecule is C=C(C)[C@@H]1CC[C@]2(C(=O)NCCNC)CC[C@]3(C)[C@H](CC[C@@H]4[C@@]5(C)CC=C(c6ccc(N)cc6)C(C)(C)[C@@H]5CC[C@]43C)[C@@H]12. The molecule has 6 rings (SSSR count). The molecule has 236 valence electrons. The molecule has 5 aliphatic rings. The Balaban J connectivity index is 1.35. The van der Waals surface area contributed by atoms with Gasteiger partial charge in [-0.3, -0.25) is 4.79 Å². The number of benzene rings is 1. The van der Waals surface area contributed by atoms with Crippen molar-refractivity contribution in [3.8, 4) is 0 Å². The smallest absolute Gasteiger partial charge is 0.226 e. The van der Waals surface area contributed by atoms with Gasteiger partial charge in [0, 0.05) is 18.8 Å². The number of nitrogen functional groups attached to an aromatic ring is 1. The van der Waals surface area contributed by atoms with Crippen LogP contribution in [0.25, 0.3) is 5.57 Å². The predicted octanol–water partition coefficient (Wildman–Crippen LogP) is 8.26. The van der Waals surface area contributed by atoms with Crippen LogP contribution in [0.2, 0.25) is 0 Å². The Hall–Kier alpha value is -2.07. The van der Waals surface area contributed by atoms with Crippen molar-refractivity contribution in [3.63, 3.8) is 0 Å². The normalized spacial score (nSPS) is 43.0. The van der Waals surface area contributed by atoms with Crippen molar-refractivity contribution in [1.29, 1.82) is 0 Å². The van der Waals surface area contributed by atoms with Crippen LogP contribution in [-0.2, 0) is 4.79 Å². The maximum atomic E-state index is 14.1. The van der Waals surface area contributed by atoms with E-state index in [0.717, 1.165) is 37.9 Å². The number of hydrogen-bond donors (Lipinski definition) is 3. The number of nitrogens with two attached hydrogens (primary N) is 1. The van der Waals surface area contributed by atoms with Gasteiger partial charge in [0.25, 0.3) is 0 Å². The van der Waals surface area contributed by atoms with Gasteiger partial charge in [-0.1, -0.05) is 65.0 Å². The number of likely N-dealkylation sites (N-methyl/N-ethyl adjacent to an activating group) is 1. The van der Waals surface area contributed by atoms with Gasteiger partial charge in [0.05, 0.1) is 5.41 Å². The van der Waals surface area contributed by atoms with E-state index < -0.39 is 0 Å². The highest BCUT2D eigenvalue weighted by atomic mass is 16.2. The molecule has 5 aliphatic carbocycles. The van der Waals surface area contributed by atoms with Crippen LogP contribution in [0.5, 0.6) is 0 Å². The average molecular weight is 586 g/mol. The maximum Gasteiger partial charge on any atom is 0.226 e. The number of carbonyl (C=O) groups excluding carboxylic acids is 1. The summed E-state index contributed by atoms with van der Waals surface area (Å²) in [6, 6.07) is 8.58. The van der Waals surface area contributed by atoms with Gasteiger partial charge < -0.3 is 16.4 Å². The summed E-state index contributed by atoms with van der Waals surface area (Å²) in [6.45, 7) is 21.4. The van der Waals surface area contributed by atoms with Crippen LogP contribution in [0.3, 0.4) is 0 Å². The fourth-order valence-corrected chi connectivity index (χ4v) is 12.8. The minimum atomic E-state index is -0.227. The second-order valence-corrected chi connectivity index (χ2v) is 16.9. The maximum absolute atomic E-state index is 14.1. The molecule has 0 aliphatic heterocycles. The summed E-state index contributed by atoms with van der Waals surface area (Å²) < 4.78 is 0. The molecule has 1 aromatic carbocycles. The standard InChI is InChI=1S/C39H59N3O/c1-25(2)28-15-20-39(34(43)42-24-23-41-8)22-21-37(6)30(33(28)39)13-14-32-36(5)18-16-29(26-9-11-27(40)12-10-26)35(3,4)31(36)17-19-38(32,37)7/h9-12,16,28,30-33,41H,1,13-15,17-24,40H2,2-8H3,(H,42,43)/t28-,30+,31-,32+,33+,36-,37+,38+,39-/m0/s1. The third kappa shape index (κ3) is 4.27. The van der Waals surface area contributed by atoms with Gasteiger partial charge in [0.15, 0.2) is 0 Å². The van der Waals surface area contributed by atoms with E-state index in [0.29, 0.717) is 42.0 Å². The molecule has 0 aromatic heterocycles. The Kier molecular flexibility index (Phi) is 7.55. The Bertz CT molecular complexity index is 1300. The molecule has 1 amide bonds. The van der Waals surface area contributed by atoms with E-state index in [1.165, 1.54) is 48.8 Å². The zero-order valence-electron chi connectivity index (χ0n) is 28.2. The van der Waals surface area contributed by atoms with Crippen molar-refractivity contribution >= 4 is 17.2 Å². The lowest BCUT2D eigenvalue weighted by Crippen LogP contribution is -2.66. The van der Waals surface area contributed by atoms with E-state index in [2.05, 4.69) is 89.1 Å². The van der Waals surface area contributed by atoms with Gasteiger partial charge in [0.1, 0.15) is 0 Å². The third-order valence-electron chi connectivity index (χ3n) is 15.0. The van der Waals surface area contributed by atoms with Crippen molar-refractivity contribution in [3.05, 3.63) is 48.1 Å². The number of hydrogen-bond acceptors (Lipinski definition) is 3. The zero-order chi connectivity index (χ0) is 31.0. The number of amides is 1. The van der Waals surface area contributed by atoms with Gasteiger partial charge in [-0.25, -0.2) is 0 Å². The minimum Gasteiger partial charge on any atom is -0.399 e. The third-order valence-corrected chi connectivity index (χ3v) is 15.0. The van der Waals surface area contributed by atoms with E-state index in [9.17, 15) is 4.79 Å². The summed E-state index contributed by atoms with van der Waals surface area (Å²) in [4.78, 5) is 14.1. The van der Waals surface area contributed by atoms with E-state index in [1.807, 2.05) is 7.05 Å². The lowest BCUT2D eigenvalue weighted by Gasteiger charge is -2.72. The molecule has 0 radical (unpaired) electrons. The molecule has 1 aromatic rings. The molecular formula is C39H59N3O. The summed E-state index contributed by atoms with van der Waals surface area (Å²) in [5.41, 5.74) is 11.8. The highest BCUT2D eigenvalue weighted by Crippen LogP contribution is 2.77. The number of allylic oxidation sites excluding steroid dienone is 3. The molecule has 0 unspecified atom stereocenters. The monoisotopic (exact) mass is 585 g/mol. The summed E-state index contributed by atoms with van der Waals surface area (Å²) in [6.07, 6.45) is 13.3. The molecule has 0 saturated heterocycles. The molecule has 0 bridgehead atoms. The van der Waals surface area contributed by atoms with E-state index in [1.54, 1.807) is 0 Å². The van der Waals surface area contributed by atoms with Gasteiger partial charge in [-0.15, -0.1) is 0 Å². The van der Waals surface area contributed by atoms with E-state index >= 15 is 0 Å². The fraction of sp³-hybridized carbons (Fsp3) is 0.718. The van der Waals surface area contributed by atoms with Gasteiger partial charge in [-0.2, -0.15) is 0 Å². The molecule has 4 N–H and O–H groups in total. The van der Waals surface area contributed by atoms with Crippen molar-refractivity contribution < 1.29 is 4.79 Å². The molecule has 4 heteroatoms. The molecule has 43 heavy (non-hydrogen) atoms. The highest BCUT2D eigenvalue weighted by Gasteiger charge is 2.71. The van der Waals surface area contributed by atoms with Crippen molar-refractivity contribution in [2.24, 2.45) is 56.7 Å². The summed E-state index contributed by atoms with van der Waals surface area (Å²) in [5, 5.41) is 6.58. The first-order valence-corrected chi connectivity index (χ1v) is 17.4. The van der Waals surface area contributed by atoms with Crippen LogP contribution in [0.15, 0.2) is 42.5 Å². The summed E-state index contributed by atoms with van der Waals surface area (Å²) >= 11 is 0. The molecule has 4 nitrogen and oxygen atoms in total. The van der Waals surface area contributed by atoms with Gasteiger partial charge in [0.2, 0.25) is 5.91 Å². The second-order valence-electron chi connectivity index (χ2n) is 16.9. The molecule has 9 atom stereocenters. The van der Waals surface area contributed by atoms with Crippen LogP contribution in [0.4, 0.5) is 5.69 Å². The molecule has 4 fully saturated rings. The highest BCUT2D eigenvalue weighted by molar-refractivity contribution is 5.84. The van der Waals surface area contributed by atoms with Gasteiger partial charge >= 0.3 is 0 Å². The average Bonchev–Trinajstić information content (AvgIpc) is 3.35. The van der Waals surface area contributed by atoms with Gasteiger partial charge in [-0.05, 0) is 146 Å². The quantitative estimate of drug-likeness (QED) is 0.179. The molecule has 0 heterocycles.